The number of ether oxygens (including phenoxy) is 3. The minimum Gasteiger partial charge on any atom is -0.482 e. The molecule has 3 aromatic rings. The Labute approximate surface area is 304 Å². The Bertz CT molecular complexity index is 1820. The Balaban J connectivity index is 1.40. The fourth-order valence-electron chi connectivity index (χ4n) is 8.14. The molecule has 1 saturated heterocycles. The van der Waals surface area contributed by atoms with Gasteiger partial charge in [-0.05, 0) is 61.8 Å². The number of nitrogens with zero attached hydrogens (tertiary/aromatic N) is 3. The molecule has 0 saturated carbocycles. The van der Waals surface area contributed by atoms with Gasteiger partial charge < -0.3 is 33.2 Å². The summed E-state index contributed by atoms with van der Waals surface area (Å²) in [5.41, 5.74) is 0.625. The number of amides is 3. The lowest BCUT2D eigenvalue weighted by Gasteiger charge is -2.32. The van der Waals surface area contributed by atoms with Gasteiger partial charge in [0.1, 0.15) is 5.75 Å². The van der Waals surface area contributed by atoms with Crippen LogP contribution in [-0.2, 0) is 40.8 Å². The summed E-state index contributed by atoms with van der Waals surface area (Å²) in [4.78, 5) is 58.8. The fourth-order valence-corrected chi connectivity index (χ4v) is 10.6. The topological polar surface area (TPSA) is 126 Å². The van der Waals surface area contributed by atoms with Crippen LogP contribution in [0.1, 0.15) is 43.7 Å². The van der Waals surface area contributed by atoms with Crippen LogP contribution in [0.25, 0.3) is 0 Å². The van der Waals surface area contributed by atoms with Crippen molar-refractivity contribution in [3.8, 4) is 5.75 Å². The first-order chi connectivity index (χ1) is 24.9. The zero-order valence-electron chi connectivity index (χ0n) is 30.0. The van der Waals surface area contributed by atoms with Gasteiger partial charge in [-0.1, -0.05) is 49.4 Å². The van der Waals surface area contributed by atoms with Gasteiger partial charge in [0.25, 0.3) is 11.8 Å². The number of hydrogen-bond acceptors (Lipinski definition) is 8. The third-order valence-corrected chi connectivity index (χ3v) is 12.9. The molecule has 13 heteroatoms. The normalized spacial score (nSPS) is 22.3. The van der Waals surface area contributed by atoms with Crippen molar-refractivity contribution in [2.24, 2.45) is 5.92 Å². The summed E-state index contributed by atoms with van der Waals surface area (Å²) in [5.74, 6) is -1.45. The smallest absolute Gasteiger partial charge is 0.305 e. The SMILES string of the molecule is COC(=O)CCCCN1C(=O)[C@@]2(O[C@@H](CC(=O)N(CCO)Cc3ccccc3)[C@H]([Si](C)(C)F)[C@H]2C)c2cc(N3C(=O)COc4ccccc43)ccc21. The highest BCUT2D eigenvalue weighted by Gasteiger charge is 2.67. The minimum atomic E-state index is -3.61. The van der Waals surface area contributed by atoms with Gasteiger partial charge in [0.05, 0.1) is 37.6 Å². The molecule has 4 atom stereocenters. The summed E-state index contributed by atoms with van der Waals surface area (Å²) < 4.78 is 33.9. The van der Waals surface area contributed by atoms with Crippen molar-refractivity contribution in [3.05, 3.63) is 83.9 Å². The first-order valence-corrected chi connectivity index (χ1v) is 20.7. The molecular weight excluding hydrogens is 686 g/mol. The van der Waals surface area contributed by atoms with Crippen molar-refractivity contribution in [1.29, 1.82) is 0 Å². The molecule has 276 valence electrons. The maximum absolute atomic E-state index is 16.6. The van der Waals surface area contributed by atoms with Crippen LogP contribution >= 0.6 is 0 Å². The number of halogens is 1. The lowest BCUT2D eigenvalue weighted by molar-refractivity contribution is -0.149. The molecule has 11 nitrogen and oxygen atoms in total. The first kappa shape index (κ1) is 37.2. The van der Waals surface area contributed by atoms with Gasteiger partial charge in [-0.3, -0.25) is 24.1 Å². The van der Waals surface area contributed by atoms with E-state index < -0.39 is 31.6 Å². The number of aliphatic hydroxyl groups is 1. The van der Waals surface area contributed by atoms with Crippen molar-refractivity contribution < 1.29 is 42.6 Å². The van der Waals surface area contributed by atoms with Crippen LogP contribution in [0, 0.1) is 5.92 Å². The van der Waals surface area contributed by atoms with Gasteiger partial charge in [-0.15, -0.1) is 0 Å². The van der Waals surface area contributed by atoms with E-state index in [0.29, 0.717) is 41.2 Å². The summed E-state index contributed by atoms with van der Waals surface area (Å²) in [7, 11) is -2.28. The second-order valence-electron chi connectivity index (χ2n) is 14.2. The molecule has 3 amide bonds. The third-order valence-electron chi connectivity index (χ3n) is 10.5. The zero-order valence-corrected chi connectivity index (χ0v) is 31.0. The number of para-hydroxylation sites is 2. The average molecular weight is 732 g/mol. The van der Waals surface area contributed by atoms with Crippen LogP contribution in [0.5, 0.6) is 5.75 Å². The van der Waals surface area contributed by atoms with E-state index in [-0.39, 0.29) is 69.4 Å². The molecule has 0 unspecified atom stereocenters. The van der Waals surface area contributed by atoms with Gasteiger partial charge in [-0.25, -0.2) is 0 Å². The number of unbranched alkanes of at least 4 members (excludes halogenated alkanes) is 1. The molecule has 3 aromatic carbocycles. The zero-order chi connectivity index (χ0) is 37.2. The molecule has 3 aliphatic heterocycles. The van der Waals surface area contributed by atoms with Crippen molar-refractivity contribution in [2.75, 3.05) is 43.2 Å². The third kappa shape index (κ3) is 6.96. The number of benzene rings is 3. The molecule has 1 N–H and O–H groups in total. The number of esters is 1. The summed E-state index contributed by atoms with van der Waals surface area (Å²) in [5, 5.41) is 9.85. The van der Waals surface area contributed by atoms with Crippen molar-refractivity contribution in [1.82, 2.24) is 4.90 Å². The summed E-state index contributed by atoms with van der Waals surface area (Å²) >= 11 is 0. The number of fused-ring (bicyclic) bond motifs is 3. The molecule has 1 fully saturated rings. The molecule has 0 aromatic heterocycles. The van der Waals surface area contributed by atoms with Crippen LogP contribution < -0.4 is 14.5 Å². The fraction of sp³-hybridized carbons (Fsp3) is 0.436. The van der Waals surface area contributed by atoms with Crippen LogP contribution in [0.15, 0.2) is 72.8 Å². The predicted molar refractivity (Wildman–Crippen MR) is 195 cm³/mol. The highest BCUT2D eigenvalue weighted by molar-refractivity contribution is 6.72. The molecule has 0 radical (unpaired) electrons. The number of carbonyl (C=O) groups is 4. The summed E-state index contributed by atoms with van der Waals surface area (Å²) in [6.07, 6.45) is 0.0599. The van der Waals surface area contributed by atoms with E-state index in [4.69, 9.17) is 14.2 Å². The second kappa shape index (κ2) is 15.2. The molecule has 52 heavy (non-hydrogen) atoms. The number of anilines is 3. The molecule has 3 aliphatic rings. The standard InChI is InChI=1S/C39H46FN3O8Si/c1-26-37(52(3,4)40)33(23-34(45)41(20-21-44)24-27-12-6-5-7-13-27)51-39(26)29-22-28(43-31-14-8-9-15-32(31)50-25-35(43)46)17-18-30(29)42(38(39)48)19-11-10-16-36(47)49-2/h5-9,12-15,17-18,22,26,33,37,44H,10-11,16,19-21,23-25H2,1-4H3/t26-,33+,37-,39+/m1/s1. The summed E-state index contributed by atoms with van der Waals surface area (Å²) in [6.45, 7) is 5.17. The van der Waals surface area contributed by atoms with E-state index in [9.17, 15) is 24.3 Å². The predicted octanol–water partition coefficient (Wildman–Crippen LogP) is 5.62. The quantitative estimate of drug-likeness (QED) is 0.104. The highest BCUT2D eigenvalue weighted by atomic mass is 28.4. The van der Waals surface area contributed by atoms with E-state index in [1.807, 2.05) is 49.4 Å². The molecule has 1 spiro atoms. The molecule has 6 rings (SSSR count). The molecule has 0 aliphatic carbocycles. The summed E-state index contributed by atoms with van der Waals surface area (Å²) in [6, 6.07) is 21.9. The number of hydrogen-bond donors (Lipinski definition) is 1. The van der Waals surface area contributed by atoms with Gasteiger partial charge in [-0.2, -0.15) is 0 Å². The Hall–Kier alpha value is -4.59. The molecular formula is C39H46FN3O8Si. The van der Waals surface area contributed by atoms with E-state index in [1.165, 1.54) is 12.0 Å². The van der Waals surface area contributed by atoms with Crippen LogP contribution in [0.2, 0.25) is 18.6 Å². The molecule has 3 heterocycles. The first-order valence-electron chi connectivity index (χ1n) is 17.8. The average Bonchev–Trinajstić information content (AvgIpc) is 3.55. The lowest BCUT2D eigenvalue weighted by atomic mass is 9.82. The Morgan fingerprint density at radius 3 is 2.48 bits per heavy atom. The van der Waals surface area contributed by atoms with E-state index in [1.54, 1.807) is 53.2 Å². The number of methoxy groups -OCH3 is 1. The Morgan fingerprint density at radius 2 is 1.77 bits per heavy atom. The van der Waals surface area contributed by atoms with E-state index in [2.05, 4.69) is 0 Å². The maximum atomic E-state index is 16.6. The maximum Gasteiger partial charge on any atom is 0.305 e. The molecule has 0 bridgehead atoms. The lowest BCUT2D eigenvalue weighted by Crippen LogP contribution is -2.45. The van der Waals surface area contributed by atoms with Crippen molar-refractivity contribution in [3.63, 3.8) is 0 Å². The van der Waals surface area contributed by atoms with E-state index in [0.717, 1.165) is 5.56 Å². The Morgan fingerprint density at radius 1 is 1.04 bits per heavy atom. The number of aliphatic hydroxyl groups excluding tert-OH is 1. The highest BCUT2D eigenvalue weighted by Crippen LogP contribution is 2.61. The van der Waals surface area contributed by atoms with Gasteiger partial charge >= 0.3 is 5.97 Å². The van der Waals surface area contributed by atoms with Crippen molar-refractivity contribution in [2.45, 2.75) is 69.5 Å². The number of rotatable bonds is 13. The Kier molecular flexibility index (Phi) is 10.8. The van der Waals surface area contributed by atoms with Gasteiger partial charge in [0.15, 0.2) is 12.2 Å². The second-order valence-corrected chi connectivity index (χ2v) is 18.0. The largest absolute Gasteiger partial charge is 0.482 e. The van der Waals surface area contributed by atoms with Gasteiger partial charge in [0, 0.05) is 48.8 Å². The minimum absolute atomic E-state index is 0.0851. The number of carbonyl (C=O) groups excluding carboxylic acids is 4. The monoisotopic (exact) mass is 731 g/mol. The van der Waals surface area contributed by atoms with Crippen LogP contribution in [-0.4, -0.2) is 81.6 Å². The van der Waals surface area contributed by atoms with Crippen molar-refractivity contribution >= 4 is 49.2 Å². The van der Waals surface area contributed by atoms with E-state index >= 15 is 4.11 Å². The van der Waals surface area contributed by atoms with Crippen LogP contribution in [0.3, 0.4) is 0 Å². The van der Waals surface area contributed by atoms with Crippen LogP contribution in [0.4, 0.5) is 21.2 Å². The van der Waals surface area contributed by atoms with Gasteiger partial charge in [0.2, 0.25) is 14.3 Å².